The van der Waals surface area contributed by atoms with Crippen molar-refractivity contribution in [3.05, 3.63) is 248 Å². The average Bonchev–Trinajstić information content (AvgIpc) is 4.03. The van der Waals surface area contributed by atoms with Gasteiger partial charge in [-0.05, 0) is 99.6 Å². The van der Waals surface area contributed by atoms with Crippen molar-refractivity contribution in [2.45, 2.75) is 19.3 Å². The highest BCUT2D eigenvalue weighted by Crippen LogP contribution is 2.51. The molecule has 3 aromatic heterocycles. The first-order valence-corrected chi connectivity index (χ1v) is 24.3. The fraction of sp³-hybridized carbons (Fsp3) is 0.0455. The second-order valence-electron chi connectivity index (χ2n) is 19.2. The zero-order valence-corrected chi connectivity index (χ0v) is 39.3. The lowest BCUT2D eigenvalue weighted by Crippen LogP contribution is -2.15. The number of benzene rings is 10. The number of aromatic nitrogens is 5. The average molecular weight is 908 g/mol. The van der Waals surface area contributed by atoms with Gasteiger partial charge in [-0.3, -0.25) is 0 Å². The first-order valence-electron chi connectivity index (χ1n) is 24.3. The van der Waals surface area contributed by atoms with Gasteiger partial charge in [0.1, 0.15) is 0 Å². The Morgan fingerprint density at radius 1 is 0.296 bits per heavy atom. The number of hydrogen-bond acceptors (Lipinski definition) is 3. The molecule has 0 bridgehead atoms. The Balaban J connectivity index is 0.860. The summed E-state index contributed by atoms with van der Waals surface area (Å²) in [6, 6.07) is 85.1. The molecule has 0 N–H and O–H groups in total. The molecule has 71 heavy (non-hydrogen) atoms. The summed E-state index contributed by atoms with van der Waals surface area (Å²) in [4.78, 5) is 15.6. The van der Waals surface area contributed by atoms with Crippen LogP contribution in [-0.4, -0.2) is 24.1 Å². The largest absolute Gasteiger partial charge is 0.309 e. The lowest BCUT2D eigenvalue weighted by Gasteiger charge is -2.23. The topological polar surface area (TPSA) is 48.5 Å². The summed E-state index contributed by atoms with van der Waals surface area (Å²) in [5, 5.41) is 4.96. The van der Waals surface area contributed by atoms with Crippen LogP contribution in [0.4, 0.5) is 0 Å². The lowest BCUT2D eigenvalue weighted by molar-refractivity contribution is 0.661. The number of hydrogen-bond donors (Lipinski definition) is 0. The molecule has 0 saturated heterocycles. The van der Waals surface area contributed by atoms with Crippen LogP contribution in [0.5, 0.6) is 0 Å². The molecule has 0 fully saturated rings. The van der Waals surface area contributed by atoms with Crippen molar-refractivity contribution in [3.63, 3.8) is 0 Å². The van der Waals surface area contributed by atoms with Gasteiger partial charge < -0.3 is 9.13 Å². The molecule has 14 rings (SSSR count). The van der Waals surface area contributed by atoms with Crippen molar-refractivity contribution < 1.29 is 0 Å². The van der Waals surface area contributed by atoms with E-state index in [-0.39, 0.29) is 5.41 Å². The Hall–Kier alpha value is -9.19. The van der Waals surface area contributed by atoms with E-state index in [1.165, 1.54) is 77.1 Å². The summed E-state index contributed by atoms with van der Waals surface area (Å²) >= 11 is 0. The molecule has 1 aliphatic carbocycles. The number of fused-ring (bicyclic) bond motifs is 9. The van der Waals surface area contributed by atoms with E-state index in [9.17, 15) is 0 Å². The standard InChI is InChI=1S/C66H45N5/c1-66(2)56-40-45(44-34-37-62(55(39-44)42-18-5-3-6-19-42)71-60-30-15-11-26-53(60)54-27-12-16-31-61(54)71)32-35-49(56)50-36-33-47(41-57(50)66)65-68-63(43-20-7-4-8-21-43)67-64(69-65)46-22-17-23-48(38-46)70-58-28-13-9-24-51(58)52-25-10-14-29-59(52)70/h3-41H,1-2H3. The molecule has 1 aliphatic rings. The smallest absolute Gasteiger partial charge is 0.164 e. The normalized spacial score (nSPS) is 12.8. The summed E-state index contributed by atoms with van der Waals surface area (Å²) in [5.41, 5.74) is 19.2. The Kier molecular flexibility index (Phi) is 9.17. The molecular formula is C66H45N5. The summed E-state index contributed by atoms with van der Waals surface area (Å²) in [6.07, 6.45) is 0. The third-order valence-corrected chi connectivity index (χ3v) is 14.8. The Labute approximate surface area is 411 Å². The molecule has 0 aliphatic heterocycles. The first kappa shape index (κ1) is 40.8. The minimum Gasteiger partial charge on any atom is -0.309 e. The third kappa shape index (κ3) is 6.51. The van der Waals surface area contributed by atoms with E-state index in [0.29, 0.717) is 17.5 Å². The molecule has 0 unspecified atom stereocenters. The van der Waals surface area contributed by atoms with Crippen LogP contribution >= 0.6 is 0 Å². The molecule has 3 heterocycles. The SMILES string of the molecule is CC1(C)c2cc(-c3ccc(-n4c5ccccc5c5ccccc54)c(-c4ccccc4)c3)ccc2-c2ccc(-c3nc(-c4ccccc4)nc(-c4cccc(-n5c6ccccc6c6ccccc65)c4)n3)cc21. The molecule has 0 spiro atoms. The molecule has 5 heteroatoms. The minimum absolute atomic E-state index is 0.295. The van der Waals surface area contributed by atoms with E-state index in [2.05, 4.69) is 241 Å². The zero-order chi connectivity index (χ0) is 47.2. The van der Waals surface area contributed by atoms with E-state index in [1.807, 2.05) is 18.2 Å². The van der Waals surface area contributed by atoms with Gasteiger partial charge in [0.05, 0.1) is 27.8 Å². The van der Waals surface area contributed by atoms with E-state index in [4.69, 9.17) is 15.0 Å². The number of nitrogens with zero attached hydrogens (tertiary/aromatic N) is 5. The van der Waals surface area contributed by atoms with Crippen LogP contribution < -0.4 is 0 Å². The minimum atomic E-state index is -0.295. The Morgan fingerprint density at radius 2 is 0.704 bits per heavy atom. The van der Waals surface area contributed by atoms with Crippen LogP contribution in [0.2, 0.25) is 0 Å². The zero-order valence-electron chi connectivity index (χ0n) is 39.3. The molecule has 10 aromatic carbocycles. The van der Waals surface area contributed by atoms with Crippen molar-refractivity contribution in [2.24, 2.45) is 0 Å². The highest BCUT2D eigenvalue weighted by molar-refractivity contribution is 6.10. The van der Waals surface area contributed by atoms with Crippen LogP contribution in [0.1, 0.15) is 25.0 Å². The molecule has 13 aromatic rings. The molecule has 5 nitrogen and oxygen atoms in total. The van der Waals surface area contributed by atoms with Crippen molar-refractivity contribution in [1.82, 2.24) is 24.1 Å². The summed E-state index contributed by atoms with van der Waals surface area (Å²) in [6.45, 7) is 4.70. The molecule has 0 saturated carbocycles. The Morgan fingerprint density at radius 3 is 1.27 bits per heavy atom. The maximum Gasteiger partial charge on any atom is 0.164 e. The highest BCUT2D eigenvalue weighted by atomic mass is 15.0. The molecule has 334 valence electrons. The fourth-order valence-electron chi connectivity index (χ4n) is 11.3. The van der Waals surface area contributed by atoms with Crippen molar-refractivity contribution >= 4 is 43.6 Å². The van der Waals surface area contributed by atoms with Crippen LogP contribution in [0.15, 0.2) is 237 Å². The van der Waals surface area contributed by atoms with E-state index < -0.39 is 0 Å². The van der Waals surface area contributed by atoms with E-state index >= 15 is 0 Å². The van der Waals surface area contributed by atoms with Gasteiger partial charge in [-0.2, -0.15) is 0 Å². The van der Waals surface area contributed by atoms with E-state index in [1.54, 1.807) is 0 Å². The summed E-state index contributed by atoms with van der Waals surface area (Å²) < 4.78 is 4.77. The lowest BCUT2D eigenvalue weighted by atomic mass is 9.81. The molecular weight excluding hydrogens is 863 g/mol. The second-order valence-corrected chi connectivity index (χ2v) is 19.2. The summed E-state index contributed by atoms with van der Waals surface area (Å²) in [5.74, 6) is 1.91. The van der Waals surface area contributed by atoms with Crippen molar-refractivity contribution in [2.75, 3.05) is 0 Å². The third-order valence-electron chi connectivity index (χ3n) is 14.8. The van der Waals surface area contributed by atoms with Gasteiger partial charge in [-0.1, -0.05) is 190 Å². The number of rotatable bonds is 7. The van der Waals surface area contributed by atoms with Crippen molar-refractivity contribution in [1.29, 1.82) is 0 Å². The quantitative estimate of drug-likeness (QED) is 0.160. The summed E-state index contributed by atoms with van der Waals surface area (Å²) in [7, 11) is 0. The fourth-order valence-corrected chi connectivity index (χ4v) is 11.3. The van der Waals surface area contributed by atoms with Gasteiger partial charge in [0.2, 0.25) is 0 Å². The highest BCUT2D eigenvalue weighted by Gasteiger charge is 2.36. The predicted molar refractivity (Wildman–Crippen MR) is 293 cm³/mol. The predicted octanol–water partition coefficient (Wildman–Crippen LogP) is 16.7. The van der Waals surface area contributed by atoms with Crippen LogP contribution in [0.25, 0.3) is 123 Å². The van der Waals surface area contributed by atoms with E-state index in [0.717, 1.165) is 39.1 Å². The first-order chi connectivity index (χ1) is 35.0. The van der Waals surface area contributed by atoms with Crippen LogP contribution in [-0.2, 0) is 5.41 Å². The van der Waals surface area contributed by atoms with Gasteiger partial charge in [0.15, 0.2) is 17.5 Å². The second kappa shape index (κ2) is 15.9. The van der Waals surface area contributed by atoms with Gasteiger partial charge >= 0.3 is 0 Å². The monoisotopic (exact) mass is 907 g/mol. The maximum atomic E-state index is 5.28. The van der Waals surface area contributed by atoms with Crippen molar-refractivity contribution in [3.8, 4) is 78.9 Å². The molecule has 0 atom stereocenters. The number of para-hydroxylation sites is 4. The van der Waals surface area contributed by atoms with Gasteiger partial charge in [-0.15, -0.1) is 0 Å². The van der Waals surface area contributed by atoms with Crippen LogP contribution in [0.3, 0.4) is 0 Å². The molecule has 0 amide bonds. The van der Waals surface area contributed by atoms with Gasteiger partial charge in [0.25, 0.3) is 0 Å². The maximum absolute atomic E-state index is 5.28. The van der Waals surface area contributed by atoms with Crippen LogP contribution in [0, 0.1) is 0 Å². The Bertz CT molecular complexity index is 4150. The van der Waals surface area contributed by atoms with Gasteiger partial charge in [0, 0.05) is 54.9 Å². The molecule has 0 radical (unpaired) electrons. The van der Waals surface area contributed by atoms with Gasteiger partial charge in [-0.25, -0.2) is 15.0 Å².